The second-order valence-electron chi connectivity index (χ2n) is 5.66. The van der Waals surface area contributed by atoms with Gasteiger partial charge in [-0.2, -0.15) is 0 Å². The number of nitrogens with one attached hydrogen (secondary N) is 1. The molecule has 0 heterocycles. The van der Waals surface area contributed by atoms with E-state index in [4.69, 9.17) is 4.74 Å². The van der Waals surface area contributed by atoms with Crippen LogP contribution in [0.3, 0.4) is 0 Å². The molecule has 0 radical (unpaired) electrons. The summed E-state index contributed by atoms with van der Waals surface area (Å²) >= 11 is 0. The molecular formula is C19H25NO2. The van der Waals surface area contributed by atoms with E-state index >= 15 is 0 Å². The Kier molecular flexibility index (Phi) is 6.44. The molecule has 0 fully saturated rings. The molecule has 2 rings (SSSR count). The number of methoxy groups -OCH3 is 1. The van der Waals surface area contributed by atoms with E-state index in [2.05, 4.69) is 36.5 Å². The third-order valence-corrected chi connectivity index (χ3v) is 3.87. The van der Waals surface area contributed by atoms with Crippen molar-refractivity contribution in [3.63, 3.8) is 0 Å². The number of aliphatic hydroxyl groups excluding tert-OH is 1. The quantitative estimate of drug-likeness (QED) is 0.736. The van der Waals surface area contributed by atoms with Gasteiger partial charge in [-0.05, 0) is 42.0 Å². The average molecular weight is 299 g/mol. The van der Waals surface area contributed by atoms with Gasteiger partial charge in [0.15, 0.2) is 0 Å². The molecule has 22 heavy (non-hydrogen) atoms. The Morgan fingerprint density at radius 3 is 2.32 bits per heavy atom. The Hall–Kier alpha value is -1.84. The Labute approximate surface area is 133 Å². The molecule has 0 bridgehead atoms. The Bertz CT molecular complexity index is 539. The van der Waals surface area contributed by atoms with Crippen LogP contribution in [-0.4, -0.2) is 25.0 Å². The summed E-state index contributed by atoms with van der Waals surface area (Å²) in [5, 5.41) is 13.4. The molecule has 0 aromatic heterocycles. The fourth-order valence-electron chi connectivity index (χ4n) is 2.46. The lowest BCUT2D eigenvalue weighted by molar-refractivity contribution is 0.0833. The highest BCUT2D eigenvalue weighted by Crippen LogP contribution is 2.12. The highest BCUT2D eigenvalue weighted by Gasteiger charge is 2.13. The summed E-state index contributed by atoms with van der Waals surface area (Å²) in [5.41, 5.74) is 2.49. The topological polar surface area (TPSA) is 41.5 Å². The van der Waals surface area contributed by atoms with Crippen molar-refractivity contribution in [3.8, 4) is 5.75 Å². The SMILES string of the molecule is COc1ccc(CCNC(O)[C@@H](C)Cc2ccccc2)cc1. The van der Waals surface area contributed by atoms with Crippen LogP contribution in [0.4, 0.5) is 0 Å². The molecule has 0 saturated carbocycles. The molecule has 2 aromatic carbocycles. The number of rotatable bonds is 8. The molecule has 118 valence electrons. The van der Waals surface area contributed by atoms with E-state index in [1.807, 2.05) is 30.3 Å². The Morgan fingerprint density at radius 1 is 1.00 bits per heavy atom. The first-order valence-electron chi connectivity index (χ1n) is 7.77. The van der Waals surface area contributed by atoms with Gasteiger partial charge in [-0.3, -0.25) is 5.32 Å². The van der Waals surface area contributed by atoms with Gasteiger partial charge in [-0.25, -0.2) is 0 Å². The zero-order valence-corrected chi connectivity index (χ0v) is 13.3. The van der Waals surface area contributed by atoms with Gasteiger partial charge in [-0.1, -0.05) is 49.4 Å². The van der Waals surface area contributed by atoms with Crippen LogP contribution in [-0.2, 0) is 12.8 Å². The van der Waals surface area contributed by atoms with Gasteiger partial charge in [0, 0.05) is 6.54 Å². The number of hydrogen-bond donors (Lipinski definition) is 2. The van der Waals surface area contributed by atoms with Crippen molar-refractivity contribution in [2.75, 3.05) is 13.7 Å². The zero-order valence-electron chi connectivity index (χ0n) is 13.3. The minimum absolute atomic E-state index is 0.179. The molecule has 3 nitrogen and oxygen atoms in total. The summed E-state index contributed by atoms with van der Waals surface area (Å²) in [6.07, 6.45) is 1.27. The van der Waals surface area contributed by atoms with Crippen LogP contribution in [0.5, 0.6) is 5.75 Å². The van der Waals surface area contributed by atoms with Gasteiger partial charge in [0.2, 0.25) is 0 Å². The maximum atomic E-state index is 10.2. The lowest BCUT2D eigenvalue weighted by atomic mass is 9.99. The summed E-state index contributed by atoms with van der Waals surface area (Å²) < 4.78 is 5.14. The molecule has 2 N–H and O–H groups in total. The van der Waals surface area contributed by atoms with E-state index < -0.39 is 6.23 Å². The molecule has 3 heteroatoms. The molecule has 0 spiro atoms. The van der Waals surface area contributed by atoms with Crippen LogP contribution in [0.2, 0.25) is 0 Å². The minimum Gasteiger partial charge on any atom is -0.497 e. The third-order valence-electron chi connectivity index (χ3n) is 3.87. The maximum absolute atomic E-state index is 10.2. The molecule has 2 aromatic rings. The zero-order chi connectivity index (χ0) is 15.8. The van der Waals surface area contributed by atoms with Crippen molar-refractivity contribution < 1.29 is 9.84 Å². The van der Waals surface area contributed by atoms with E-state index in [0.29, 0.717) is 0 Å². The molecule has 0 amide bonds. The summed E-state index contributed by atoms with van der Waals surface area (Å²) in [6.45, 7) is 2.82. The Balaban J connectivity index is 1.73. The van der Waals surface area contributed by atoms with Gasteiger partial charge < -0.3 is 9.84 Å². The van der Waals surface area contributed by atoms with Gasteiger partial charge in [0.25, 0.3) is 0 Å². The van der Waals surface area contributed by atoms with Crippen LogP contribution >= 0.6 is 0 Å². The lowest BCUT2D eigenvalue weighted by Crippen LogP contribution is -2.36. The van der Waals surface area contributed by atoms with Crippen LogP contribution < -0.4 is 10.1 Å². The average Bonchev–Trinajstić information content (AvgIpc) is 2.56. The van der Waals surface area contributed by atoms with E-state index in [9.17, 15) is 5.11 Å². The van der Waals surface area contributed by atoms with Gasteiger partial charge in [0.1, 0.15) is 12.0 Å². The first-order valence-corrected chi connectivity index (χ1v) is 7.77. The van der Waals surface area contributed by atoms with Crippen molar-refractivity contribution in [2.45, 2.75) is 26.0 Å². The Morgan fingerprint density at radius 2 is 1.68 bits per heavy atom. The second-order valence-corrected chi connectivity index (χ2v) is 5.66. The summed E-state index contributed by atoms with van der Waals surface area (Å²) in [6, 6.07) is 18.3. The summed E-state index contributed by atoms with van der Waals surface area (Å²) in [4.78, 5) is 0. The normalized spacial score (nSPS) is 13.6. The van der Waals surface area contributed by atoms with Gasteiger partial charge >= 0.3 is 0 Å². The van der Waals surface area contributed by atoms with E-state index in [1.54, 1.807) is 7.11 Å². The van der Waals surface area contributed by atoms with Crippen molar-refractivity contribution >= 4 is 0 Å². The molecule has 1 unspecified atom stereocenters. The van der Waals surface area contributed by atoms with Crippen LogP contribution in [0, 0.1) is 5.92 Å². The van der Waals surface area contributed by atoms with E-state index in [0.717, 1.165) is 25.1 Å². The fourth-order valence-corrected chi connectivity index (χ4v) is 2.46. The standard InChI is InChI=1S/C19H25NO2/c1-15(14-17-6-4-3-5-7-17)19(21)20-13-12-16-8-10-18(22-2)11-9-16/h3-11,15,19-21H,12-14H2,1-2H3/t15-,19?/m0/s1. The number of ether oxygens (including phenoxy) is 1. The molecule has 0 aliphatic heterocycles. The molecule has 2 atom stereocenters. The van der Waals surface area contributed by atoms with Crippen LogP contribution in [0.15, 0.2) is 54.6 Å². The maximum Gasteiger partial charge on any atom is 0.118 e. The van der Waals surface area contributed by atoms with Gasteiger partial charge in [-0.15, -0.1) is 0 Å². The summed E-state index contributed by atoms with van der Waals surface area (Å²) in [7, 11) is 1.67. The fraction of sp³-hybridized carbons (Fsp3) is 0.368. The monoisotopic (exact) mass is 299 g/mol. The smallest absolute Gasteiger partial charge is 0.118 e. The van der Waals surface area contributed by atoms with Crippen molar-refractivity contribution in [3.05, 3.63) is 65.7 Å². The number of benzene rings is 2. The first-order chi connectivity index (χ1) is 10.7. The van der Waals surface area contributed by atoms with Crippen molar-refractivity contribution in [1.29, 1.82) is 0 Å². The number of hydrogen-bond acceptors (Lipinski definition) is 3. The third kappa shape index (κ3) is 5.17. The lowest BCUT2D eigenvalue weighted by Gasteiger charge is -2.20. The second kappa shape index (κ2) is 8.57. The first kappa shape index (κ1) is 16.5. The van der Waals surface area contributed by atoms with E-state index in [-0.39, 0.29) is 5.92 Å². The highest BCUT2D eigenvalue weighted by molar-refractivity contribution is 5.27. The number of aliphatic hydroxyl groups is 1. The molecule has 0 saturated heterocycles. The van der Waals surface area contributed by atoms with Crippen LogP contribution in [0.25, 0.3) is 0 Å². The summed E-state index contributed by atoms with van der Waals surface area (Å²) in [5.74, 6) is 1.05. The molecule has 0 aliphatic rings. The predicted molar refractivity (Wildman–Crippen MR) is 90.0 cm³/mol. The van der Waals surface area contributed by atoms with Crippen LogP contribution in [0.1, 0.15) is 18.1 Å². The molecular weight excluding hydrogens is 274 g/mol. The van der Waals surface area contributed by atoms with Gasteiger partial charge in [0.05, 0.1) is 7.11 Å². The van der Waals surface area contributed by atoms with E-state index in [1.165, 1.54) is 11.1 Å². The van der Waals surface area contributed by atoms with Crippen molar-refractivity contribution in [2.24, 2.45) is 5.92 Å². The largest absolute Gasteiger partial charge is 0.497 e. The minimum atomic E-state index is -0.488. The highest BCUT2D eigenvalue weighted by atomic mass is 16.5. The predicted octanol–water partition coefficient (Wildman–Crippen LogP) is 3.02. The van der Waals surface area contributed by atoms with Crippen molar-refractivity contribution in [1.82, 2.24) is 5.32 Å². The molecule has 0 aliphatic carbocycles.